The number of nitrogens with zero attached hydrogens (tertiary/aromatic N) is 2. The Balaban J connectivity index is 1.98. The summed E-state index contributed by atoms with van der Waals surface area (Å²) in [6.07, 6.45) is 0. The van der Waals surface area contributed by atoms with Gasteiger partial charge in [-0.15, -0.1) is 0 Å². The molecule has 21 heavy (non-hydrogen) atoms. The number of hydrogen-bond donors (Lipinski definition) is 1. The summed E-state index contributed by atoms with van der Waals surface area (Å²) in [4.78, 5) is 4.25. The number of phenolic OH excluding ortho intramolecular Hbond substituents is 1. The Morgan fingerprint density at radius 2 is 1.86 bits per heavy atom. The predicted octanol–water partition coefficient (Wildman–Crippen LogP) is 3.91. The SMILES string of the molecule is Cc1cc(C#N)cc(Oc2ccc3ccc(O)cc3c2)n1. The first-order valence-electron chi connectivity index (χ1n) is 6.43. The lowest BCUT2D eigenvalue weighted by molar-refractivity contribution is 0.462. The second-order valence-corrected chi connectivity index (χ2v) is 4.74. The van der Waals surface area contributed by atoms with E-state index in [9.17, 15) is 5.11 Å². The summed E-state index contributed by atoms with van der Waals surface area (Å²) in [5.41, 5.74) is 1.23. The average molecular weight is 276 g/mol. The van der Waals surface area contributed by atoms with Gasteiger partial charge >= 0.3 is 0 Å². The van der Waals surface area contributed by atoms with Crippen LogP contribution in [-0.2, 0) is 0 Å². The molecule has 0 fully saturated rings. The van der Waals surface area contributed by atoms with Crippen molar-refractivity contribution < 1.29 is 9.84 Å². The number of aryl methyl sites for hydroxylation is 1. The van der Waals surface area contributed by atoms with Crippen molar-refractivity contribution in [2.24, 2.45) is 0 Å². The minimum atomic E-state index is 0.208. The van der Waals surface area contributed by atoms with Crippen molar-refractivity contribution in [1.29, 1.82) is 5.26 Å². The fraction of sp³-hybridized carbons (Fsp3) is 0.0588. The van der Waals surface area contributed by atoms with Crippen molar-refractivity contribution >= 4 is 10.8 Å². The molecule has 1 N–H and O–H groups in total. The second-order valence-electron chi connectivity index (χ2n) is 4.74. The average Bonchev–Trinajstić information content (AvgIpc) is 2.46. The maximum atomic E-state index is 9.53. The molecule has 0 amide bonds. The molecule has 0 unspecified atom stereocenters. The molecule has 3 aromatic rings. The number of aromatic nitrogens is 1. The zero-order valence-electron chi connectivity index (χ0n) is 11.4. The van der Waals surface area contributed by atoms with Crippen LogP contribution >= 0.6 is 0 Å². The first-order chi connectivity index (χ1) is 10.1. The summed E-state index contributed by atoms with van der Waals surface area (Å²) in [7, 11) is 0. The third-order valence-electron chi connectivity index (χ3n) is 3.08. The van der Waals surface area contributed by atoms with Crippen LogP contribution in [0.4, 0.5) is 0 Å². The van der Waals surface area contributed by atoms with Gasteiger partial charge in [0, 0.05) is 11.8 Å². The number of rotatable bonds is 2. The summed E-state index contributed by atoms with van der Waals surface area (Å²) >= 11 is 0. The highest BCUT2D eigenvalue weighted by molar-refractivity contribution is 5.85. The molecule has 3 rings (SSSR count). The van der Waals surface area contributed by atoms with Crippen LogP contribution in [0.15, 0.2) is 48.5 Å². The number of benzene rings is 2. The topological polar surface area (TPSA) is 66.1 Å². The van der Waals surface area contributed by atoms with Gasteiger partial charge in [0.05, 0.1) is 11.6 Å². The molecular formula is C17H12N2O2. The van der Waals surface area contributed by atoms with E-state index in [1.165, 1.54) is 0 Å². The summed E-state index contributed by atoms with van der Waals surface area (Å²) in [6, 6.07) is 16.1. The van der Waals surface area contributed by atoms with Crippen molar-refractivity contribution in [3.63, 3.8) is 0 Å². The highest BCUT2D eigenvalue weighted by Gasteiger charge is 2.04. The molecule has 4 nitrogen and oxygen atoms in total. The van der Waals surface area contributed by atoms with Crippen LogP contribution in [0, 0.1) is 18.3 Å². The predicted molar refractivity (Wildman–Crippen MR) is 79.4 cm³/mol. The Morgan fingerprint density at radius 3 is 2.67 bits per heavy atom. The van der Waals surface area contributed by atoms with Gasteiger partial charge in [-0.1, -0.05) is 12.1 Å². The number of hydrogen-bond acceptors (Lipinski definition) is 4. The van der Waals surface area contributed by atoms with Crippen molar-refractivity contribution in [3.8, 4) is 23.4 Å². The van der Waals surface area contributed by atoms with E-state index >= 15 is 0 Å². The maximum Gasteiger partial charge on any atom is 0.220 e. The van der Waals surface area contributed by atoms with Crippen LogP contribution in [0.3, 0.4) is 0 Å². The molecular weight excluding hydrogens is 264 g/mol. The largest absolute Gasteiger partial charge is 0.508 e. The number of phenols is 1. The summed E-state index contributed by atoms with van der Waals surface area (Å²) in [5, 5.41) is 20.4. The molecule has 4 heteroatoms. The lowest BCUT2D eigenvalue weighted by atomic mass is 10.1. The van der Waals surface area contributed by atoms with Crippen LogP contribution in [-0.4, -0.2) is 10.1 Å². The quantitative estimate of drug-likeness (QED) is 0.770. The van der Waals surface area contributed by atoms with E-state index in [1.807, 2.05) is 31.2 Å². The zero-order valence-corrected chi connectivity index (χ0v) is 11.4. The van der Waals surface area contributed by atoms with Gasteiger partial charge in [-0.05, 0) is 48.0 Å². The third kappa shape index (κ3) is 2.77. The van der Waals surface area contributed by atoms with Gasteiger partial charge in [0.25, 0.3) is 0 Å². The molecule has 1 aromatic heterocycles. The lowest BCUT2D eigenvalue weighted by Crippen LogP contribution is -1.91. The fourth-order valence-electron chi connectivity index (χ4n) is 2.15. The molecule has 0 radical (unpaired) electrons. The van der Waals surface area contributed by atoms with Gasteiger partial charge in [0.2, 0.25) is 5.88 Å². The van der Waals surface area contributed by atoms with Crippen LogP contribution in [0.2, 0.25) is 0 Å². The molecule has 0 aliphatic carbocycles. The maximum absolute atomic E-state index is 9.53. The van der Waals surface area contributed by atoms with Crippen molar-refractivity contribution in [2.75, 3.05) is 0 Å². The number of ether oxygens (including phenoxy) is 1. The standard InChI is InChI=1S/C17H12N2O2/c1-11-6-12(10-18)7-17(19-11)21-16-5-3-13-2-4-15(20)8-14(13)9-16/h2-9,20H,1H3. The molecule has 0 aliphatic rings. The van der Waals surface area contributed by atoms with Crippen LogP contribution in [0.1, 0.15) is 11.3 Å². The van der Waals surface area contributed by atoms with Gasteiger partial charge in [-0.3, -0.25) is 0 Å². The second kappa shape index (κ2) is 5.14. The summed E-state index contributed by atoms with van der Waals surface area (Å²) in [6.45, 7) is 1.81. The molecule has 0 bridgehead atoms. The van der Waals surface area contributed by atoms with Crippen molar-refractivity contribution in [3.05, 3.63) is 59.8 Å². The molecule has 0 atom stereocenters. The zero-order chi connectivity index (χ0) is 14.8. The Kier molecular flexibility index (Phi) is 3.17. The van der Waals surface area contributed by atoms with E-state index < -0.39 is 0 Å². The van der Waals surface area contributed by atoms with Crippen LogP contribution < -0.4 is 4.74 Å². The van der Waals surface area contributed by atoms with E-state index in [1.54, 1.807) is 24.3 Å². The Bertz CT molecular complexity index is 866. The minimum absolute atomic E-state index is 0.208. The Morgan fingerprint density at radius 1 is 1.05 bits per heavy atom. The Labute approximate surface area is 121 Å². The van der Waals surface area contributed by atoms with E-state index in [4.69, 9.17) is 10.00 Å². The Hall–Kier alpha value is -3.06. The highest BCUT2D eigenvalue weighted by Crippen LogP contribution is 2.27. The summed E-state index contributed by atoms with van der Waals surface area (Å²) in [5.74, 6) is 1.20. The van der Waals surface area contributed by atoms with Crippen molar-refractivity contribution in [2.45, 2.75) is 6.92 Å². The van der Waals surface area contributed by atoms with Gasteiger partial charge in [-0.2, -0.15) is 5.26 Å². The van der Waals surface area contributed by atoms with E-state index in [0.717, 1.165) is 16.5 Å². The number of aromatic hydroxyl groups is 1. The molecule has 2 aromatic carbocycles. The molecule has 0 saturated carbocycles. The normalized spacial score (nSPS) is 10.3. The fourth-order valence-corrected chi connectivity index (χ4v) is 2.15. The molecule has 1 heterocycles. The van der Waals surface area contributed by atoms with E-state index in [0.29, 0.717) is 17.2 Å². The first-order valence-corrected chi connectivity index (χ1v) is 6.43. The first kappa shape index (κ1) is 12.9. The third-order valence-corrected chi connectivity index (χ3v) is 3.08. The number of fused-ring (bicyclic) bond motifs is 1. The van der Waals surface area contributed by atoms with Crippen molar-refractivity contribution in [1.82, 2.24) is 4.98 Å². The molecule has 0 saturated heterocycles. The van der Waals surface area contributed by atoms with Gasteiger partial charge in [-0.25, -0.2) is 4.98 Å². The molecule has 0 aliphatic heterocycles. The number of pyridine rings is 1. The highest BCUT2D eigenvalue weighted by atomic mass is 16.5. The number of nitriles is 1. The van der Waals surface area contributed by atoms with Gasteiger partial charge in [0.15, 0.2) is 0 Å². The summed E-state index contributed by atoms with van der Waals surface area (Å²) < 4.78 is 5.71. The van der Waals surface area contributed by atoms with Crippen LogP contribution in [0.5, 0.6) is 17.4 Å². The van der Waals surface area contributed by atoms with Gasteiger partial charge in [0.1, 0.15) is 11.5 Å². The van der Waals surface area contributed by atoms with Gasteiger partial charge < -0.3 is 9.84 Å². The lowest BCUT2D eigenvalue weighted by Gasteiger charge is -2.07. The van der Waals surface area contributed by atoms with Crippen LogP contribution in [0.25, 0.3) is 10.8 Å². The minimum Gasteiger partial charge on any atom is -0.508 e. The smallest absolute Gasteiger partial charge is 0.220 e. The molecule has 102 valence electrons. The monoisotopic (exact) mass is 276 g/mol. The van der Waals surface area contributed by atoms with E-state index in [2.05, 4.69) is 11.1 Å². The molecule has 0 spiro atoms. The van der Waals surface area contributed by atoms with E-state index in [-0.39, 0.29) is 5.75 Å².